The molecule has 0 bridgehead atoms. The van der Waals surface area contributed by atoms with Crippen LogP contribution in [0.25, 0.3) is 11.1 Å². The summed E-state index contributed by atoms with van der Waals surface area (Å²) in [5, 5.41) is 6.92. The Kier molecular flexibility index (Phi) is 4.25. The second kappa shape index (κ2) is 6.49. The van der Waals surface area contributed by atoms with Gasteiger partial charge in [-0.15, -0.1) is 11.3 Å². The zero-order valence-corrected chi connectivity index (χ0v) is 12.8. The second-order valence-corrected chi connectivity index (χ2v) is 5.62. The van der Waals surface area contributed by atoms with E-state index in [1.807, 2.05) is 42.6 Å². The number of aryl methyl sites for hydroxylation is 1. The first kappa shape index (κ1) is 14.4. The number of nitrogens with one attached hydrogen (secondary N) is 1. The van der Waals surface area contributed by atoms with Gasteiger partial charge in [0.15, 0.2) is 0 Å². The van der Waals surface area contributed by atoms with Gasteiger partial charge in [-0.25, -0.2) is 9.37 Å². The van der Waals surface area contributed by atoms with E-state index in [9.17, 15) is 4.39 Å². The summed E-state index contributed by atoms with van der Waals surface area (Å²) >= 11 is 1.50. The van der Waals surface area contributed by atoms with Crippen molar-refractivity contribution in [3.05, 3.63) is 71.0 Å². The Morgan fingerprint density at radius 1 is 1.18 bits per heavy atom. The van der Waals surface area contributed by atoms with Crippen LogP contribution in [0.2, 0.25) is 0 Å². The van der Waals surface area contributed by atoms with E-state index in [0.717, 1.165) is 27.5 Å². The van der Waals surface area contributed by atoms with Gasteiger partial charge in [-0.2, -0.15) is 5.10 Å². The summed E-state index contributed by atoms with van der Waals surface area (Å²) in [4.78, 5) is 4.28. The average molecular weight is 311 g/mol. The van der Waals surface area contributed by atoms with Crippen molar-refractivity contribution < 1.29 is 4.39 Å². The normalized spacial score (nSPS) is 11.0. The number of hydrogen-bond acceptors (Lipinski definition) is 4. The zero-order chi connectivity index (χ0) is 15.4. The molecule has 1 heterocycles. The van der Waals surface area contributed by atoms with E-state index in [1.165, 1.54) is 23.5 Å². The second-order valence-electron chi connectivity index (χ2n) is 4.76. The molecule has 3 aromatic rings. The topological polar surface area (TPSA) is 37.3 Å². The Morgan fingerprint density at radius 2 is 2.05 bits per heavy atom. The largest absolute Gasteiger partial charge is 0.253 e. The number of halogens is 1. The van der Waals surface area contributed by atoms with Crippen molar-refractivity contribution in [2.24, 2.45) is 5.10 Å². The first-order chi connectivity index (χ1) is 10.7. The lowest BCUT2D eigenvalue weighted by atomic mass is 10.0. The van der Waals surface area contributed by atoms with Gasteiger partial charge in [0, 0.05) is 10.9 Å². The minimum atomic E-state index is -0.249. The van der Waals surface area contributed by atoms with Crippen molar-refractivity contribution >= 4 is 22.7 Å². The lowest BCUT2D eigenvalue weighted by Crippen LogP contribution is -1.93. The number of thiazole rings is 1. The summed E-state index contributed by atoms with van der Waals surface area (Å²) in [6.07, 6.45) is 1.72. The van der Waals surface area contributed by atoms with E-state index in [0.29, 0.717) is 0 Å². The van der Waals surface area contributed by atoms with Gasteiger partial charge < -0.3 is 0 Å². The van der Waals surface area contributed by atoms with E-state index >= 15 is 0 Å². The fourth-order valence-electron chi connectivity index (χ4n) is 2.09. The maximum Gasteiger partial charge on any atom is 0.203 e. The fraction of sp³-hybridized carbons (Fsp3) is 0.0588. The van der Waals surface area contributed by atoms with Crippen LogP contribution in [0.5, 0.6) is 0 Å². The van der Waals surface area contributed by atoms with Crippen molar-refractivity contribution in [2.75, 3.05) is 5.43 Å². The van der Waals surface area contributed by atoms with E-state index in [2.05, 4.69) is 15.5 Å². The van der Waals surface area contributed by atoms with E-state index < -0.39 is 0 Å². The molecule has 0 radical (unpaired) electrons. The highest BCUT2D eigenvalue weighted by Gasteiger charge is 2.04. The smallest absolute Gasteiger partial charge is 0.203 e. The molecule has 0 aliphatic rings. The molecule has 22 heavy (non-hydrogen) atoms. The minimum Gasteiger partial charge on any atom is -0.253 e. The number of rotatable bonds is 4. The summed E-state index contributed by atoms with van der Waals surface area (Å²) in [5.74, 6) is -0.249. The maximum atomic E-state index is 13.4. The highest BCUT2D eigenvalue weighted by Crippen LogP contribution is 2.23. The number of hydrogen-bond donors (Lipinski definition) is 1. The molecule has 5 heteroatoms. The van der Waals surface area contributed by atoms with Gasteiger partial charge in [-0.05, 0) is 30.2 Å². The maximum absolute atomic E-state index is 13.4. The summed E-state index contributed by atoms with van der Waals surface area (Å²) in [6, 6.07) is 14.3. The zero-order valence-electron chi connectivity index (χ0n) is 12.0. The van der Waals surface area contributed by atoms with Crippen molar-refractivity contribution in [1.29, 1.82) is 0 Å². The summed E-state index contributed by atoms with van der Waals surface area (Å²) < 4.78 is 13.4. The van der Waals surface area contributed by atoms with Gasteiger partial charge in [0.25, 0.3) is 0 Å². The van der Waals surface area contributed by atoms with Crippen LogP contribution in [0, 0.1) is 12.7 Å². The van der Waals surface area contributed by atoms with Gasteiger partial charge in [-0.3, -0.25) is 5.43 Å². The molecule has 0 amide bonds. The third-order valence-electron chi connectivity index (χ3n) is 3.08. The predicted molar refractivity (Wildman–Crippen MR) is 89.9 cm³/mol. The van der Waals surface area contributed by atoms with Crippen LogP contribution >= 0.6 is 11.3 Å². The summed E-state index contributed by atoms with van der Waals surface area (Å²) in [7, 11) is 0. The number of nitrogens with zero attached hydrogens (tertiary/aromatic N) is 2. The third kappa shape index (κ3) is 3.38. The average Bonchev–Trinajstić information content (AvgIpc) is 2.93. The Balaban J connectivity index is 1.85. The molecule has 1 aromatic heterocycles. The SMILES string of the molecule is Cc1csc(NN=Cc2ccccc2-c2cccc(F)c2)n1. The summed E-state index contributed by atoms with van der Waals surface area (Å²) in [5.41, 5.74) is 6.54. The van der Waals surface area contributed by atoms with Crippen LogP contribution in [-0.2, 0) is 0 Å². The molecule has 2 aromatic carbocycles. The molecule has 3 rings (SSSR count). The molecule has 0 atom stereocenters. The van der Waals surface area contributed by atoms with Gasteiger partial charge in [0.2, 0.25) is 5.13 Å². The molecule has 0 spiro atoms. The Hall–Kier alpha value is -2.53. The van der Waals surface area contributed by atoms with Crippen molar-refractivity contribution in [2.45, 2.75) is 6.92 Å². The fourth-order valence-corrected chi connectivity index (χ4v) is 2.73. The van der Waals surface area contributed by atoms with Crippen LogP contribution in [0.4, 0.5) is 9.52 Å². The van der Waals surface area contributed by atoms with Gasteiger partial charge in [-0.1, -0.05) is 36.4 Å². The number of hydrazone groups is 1. The van der Waals surface area contributed by atoms with E-state index in [1.54, 1.807) is 12.3 Å². The van der Waals surface area contributed by atoms with Crippen LogP contribution < -0.4 is 5.43 Å². The van der Waals surface area contributed by atoms with Gasteiger partial charge in [0.05, 0.1) is 11.9 Å². The highest BCUT2D eigenvalue weighted by atomic mass is 32.1. The standard InChI is InChI=1S/C17H14FN3S/c1-12-11-22-17(20-12)21-19-10-14-5-2-3-8-16(14)13-6-4-7-15(18)9-13/h2-11H,1H3,(H,20,21). The van der Waals surface area contributed by atoms with Crippen molar-refractivity contribution in [3.63, 3.8) is 0 Å². The molecular weight excluding hydrogens is 297 g/mol. The summed E-state index contributed by atoms with van der Waals surface area (Å²) in [6.45, 7) is 1.94. The molecule has 110 valence electrons. The van der Waals surface area contributed by atoms with Crippen LogP contribution in [0.1, 0.15) is 11.3 Å². The molecule has 0 unspecified atom stereocenters. The first-order valence-corrected chi connectivity index (χ1v) is 7.66. The Bertz CT molecular complexity index is 811. The first-order valence-electron chi connectivity index (χ1n) is 6.78. The molecule has 1 N–H and O–H groups in total. The molecule has 0 saturated carbocycles. The Morgan fingerprint density at radius 3 is 2.82 bits per heavy atom. The predicted octanol–water partition coefficient (Wildman–Crippen LogP) is 4.70. The van der Waals surface area contributed by atoms with Crippen LogP contribution in [-0.4, -0.2) is 11.2 Å². The lowest BCUT2D eigenvalue weighted by Gasteiger charge is -2.06. The number of aromatic nitrogens is 1. The van der Waals surface area contributed by atoms with E-state index in [-0.39, 0.29) is 5.82 Å². The van der Waals surface area contributed by atoms with Gasteiger partial charge in [0.1, 0.15) is 5.82 Å². The molecule has 0 aliphatic heterocycles. The van der Waals surface area contributed by atoms with Crippen molar-refractivity contribution in [1.82, 2.24) is 4.98 Å². The van der Waals surface area contributed by atoms with Crippen LogP contribution in [0.3, 0.4) is 0 Å². The van der Waals surface area contributed by atoms with Crippen LogP contribution in [0.15, 0.2) is 59.0 Å². The minimum absolute atomic E-state index is 0.249. The monoisotopic (exact) mass is 311 g/mol. The van der Waals surface area contributed by atoms with Crippen molar-refractivity contribution in [3.8, 4) is 11.1 Å². The highest BCUT2D eigenvalue weighted by molar-refractivity contribution is 7.13. The molecule has 0 fully saturated rings. The molecule has 0 aliphatic carbocycles. The Labute approximate surface area is 132 Å². The molecule has 3 nitrogen and oxygen atoms in total. The molecule has 0 saturated heterocycles. The van der Waals surface area contributed by atoms with Gasteiger partial charge >= 0.3 is 0 Å². The lowest BCUT2D eigenvalue weighted by molar-refractivity contribution is 0.628. The number of anilines is 1. The van der Waals surface area contributed by atoms with E-state index in [4.69, 9.17) is 0 Å². The molecular formula is C17H14FN3S. The quantitative estimate of drug-likeness (QED) is 0.560. The third-order valence-corrected chi connectivity index (χ3v) is 3.94. The number of benzene rings is 2.